The Kier molecular flexibility index (Phi) is 6.06. The van der Waals surface area contributed by atoms with Crippen molar-refractivity contribution in [3.63, 3.8) is 0 Å². The number of halogens is 1. The van der Waals surface area contributed by atoms with Gasteiger partial charge in [0.2, 0.25) is 5.91 Å². The van der Waals surface area contributed by atoms with E-state index in [0.717, 1.165) is 19.3 Å². The molecule has 0 aromatic heterocycles. The zero-order chi connectivity index (χ0) is 19.2. The fourth-order valence-electron chi connectivity index (χ4n) is 3.19. The molecule has 0 bridgehead atoms. The van der Waals surface area contributed by atoms with Gasteiger partial charge in [-0.05, 0) is 48.7 Å². The molecule has 27 heavy (non-hydrogen) atoms. The Morgan fingerprint density at radius 3 is 2.70 bits per heavy atom. The molecule has 6 heteroatoms. The number of carbonyl (C=O) groups excluding carboxylic acids is 2. The molecule has 1 aliphatic heterocycles. The molecule has 2 aromatic rings. The molecule has 1 saturated heterocycles. The molecule has 0 aliphatic carbocycles. The first-order valence-electron chi connectivity index (χ1n) is 9.27. The molecular weight excluding hydrogens is 345 g/mol. The summed E-state index contributed by atoms with van der Waals surface area (Å²) in [5.41, 5.74) is 2.46. The highest BCUT2D eigenvalue weighted by Gasteiger charge is 2.31. The van der Waals surface area contributed by atoms with Gasteiger partial charge in [-0.1, -0.05) is 31.5 Å². The normalized spacial score (nSPS) is 16.4. The molecular formula is C21H24FN3O2. The number of hydrogen-bond acceptors (Lipinski definition) is 2. The summed E-state index contributed by atoms with van der Waals surface area (Å²) < 4.78 is 13.4. The standard InChI is InChI=1S/C21H24FN3O2/c1-2-3-5-15-8-10-17(11-9-15)23-21(27)24-18-13-20(26)25(14-18)19-7-4-6-16(22)12-19/h4,6-12,18H,2-3,5,13-14H2,1H3,(H2,23,24,27)/t18-/m1/s1. The largest absolute Gasteiger partial charge is 0.333 e. The topological polar surface area (TPSA) is 61.4 Å². The van der Waals surface area contributed by atoms with Crippen molar-refractivity contribution in [3.8, 4) is 0 Å². The predicted octanol–water partition coefficient (Wildman–Crippen LogP) is 4.10. The summed E-state index contributed by atoms with van der Waals surface area (Å²) >= 11 is 0. The Bertz CT molecular complexity index is 807. The van der Waals surface area contributed by atoms with Gasteiger partial charge in [-0.2, -0.15) is 0 Å². The van der Waals surface area contributed by atoms with Gasteiger partial charge in [-0.15, -0.1) is 0 Å². The molecule has 1 aliphatic rings. The van der Waals surface area contributed by atoms with Gasteiger partial charge in [-0.25, -0.2) is 9.18 Å². The van der Waals surface area contributed by atoms with Gasteiger partial charge in [0.25, 0.3) is 0 Å². The first kappa shape index (κ1) is 18.9. The minimum absolute atomic E-state index is 0.133. The van der Waals surface area contributed by atoms with E-state index in [1.165, 1.54) is 22.6 Å². The zero-order valence-electron chi connectivity index (χ0n) is 15.4. The van der Waals surface area contributed by atoms with Crippen LogP contribution in [0, 0.1) is 5.82 Å². The first-order valence-corrected chi connectivity index (χ1v) is 9.27. The Balaban J connectivity index is 1.53. The third kappa shape index (κ3) is 5.06. The quantitative estimate of drug-likeness (QED) is 0.805. The number of nitrogens with zero attached hydrogens (tertiary/aromatic N) is 1. The Morgan fingerprint density at radius 2 is 2.00 bits per heavy atom. The molecule has 1 atom stereocenters. The summed E-state index contributed by atoms with van der Waals surface area (Å²) in [7, 11) is 0. The molecule has 0 unspecified atom stereocenters. The number of anilines is 2. The van der Waals surface area contributed by atoms with Crippen LogP contribution >= 0.6 is 0 Å². The summed E-state index contributed by atoms with van der Waals surface area (Å²) in [4.78, 5) is 25.9. The van der Waals surface area contributed by atoms with Crippen LogP contribution in [0.3, 0.4) is 0 Å². The highest BCUT2D eigenvalue weighted by Crippen LogP contribution is 2.22. The lowest BCUT2D eigenvalue weighted by Gasteiger charge is -2.17. The van der Waals surface area contributed by atoms with Crippen LogP contribution in [0.2, 0.25) is 0 Å². The van der Waals surface area contributed by atoms with Crippen LogP contribution in [-0.4, -0.2) is 24.5 Å². The van der Waals surface area contributed by atoms with E-state index in [1.54, 1.807) is 12.1 Å². The Labute approximate surface area is 158 Å². The fourth-order valence-corrected chi connectivity index (χ4v) is 3.19. The minimum Gasteiger partial charge on any atom is -0.333 e. The lowest BCUT2D eigenvalue weighted by Crippen LogP contribution is -2.39. The van der Waals surface area contributed by atoms with Crippen LogP contribution in [0.25, 0.3) is 0 Å². The Hall–Kier alpha value is -2.89. The number of rotatable bonds is 6. The SMILES string of the molecule is CCCCc1ccc(NC(=O)N[C@@H]2CC(=O)N(c3cccc(F)c3)C2)cc1. The number of nitrogens with one attached hydrogen (secondary N) is 2. The van der Waals surface area contributed by atoms with Crippen LogP contribution in [0.4, 0.5) is 20.6 Å². The van der Waals surface area contributed by atoms with Crippen LogP contribution in [0.15, 0.2) is 48.5 Å². The van der Waals surface area contributed by atoms with Crippen LogP contribution in [0.5, 0.6) is 0 Å². The summed E-state index contributed by atoms with van der Waals surface area (Å²) in [5.74, 6) is -0.525. The maximum absolute atomic E-state index is 13.4. The van der Waals surface area contributed by atoms with Crippen molar-refractivity contribution in [2.24, 2.45) is 0 Å². The van der Waals surface area contributed by atoms with Gasteiger partial charge in [0.15, 0.2) is 0 Å². The number of amides is 3. The summed E-state index contributed by atoms with van der Waals surface area (Å²) in [6, 6.07) is 13.0. The maximum atomic E-state index is 13.4. The van der Waals surface area contributed by atoms with E-state index >= 15 is 0 Å². The van der Waals surface area contributed by atoms with Gasteiger partial charge < -0.3 is 15.5 Å². The monoisotopic (exact) mass is 369 g/mol. The summed E-state index contributed by atoms with van der Waals surface area (Å²) in [6.45, 7) is 2.48. The van der Waals surface area contributed by atoms with E-state index in [0.29, 0.717) is 17.9 Å². The van der Waals surface area contributed by atoms with Crippen molar-refractivity contribution < 1.29 is 14.0 Å². The molecule has 5 nitrogen and oxygen atoms in total. The zero-order valence-corrected chi connectivity index (χ0v) is 15.4. The van der Waals surface area contributed by atoms with Crippen LogP contribution < -0.4 is 15.5 Å². The minimum atomic E-state index is -0.392. The number of urea groups is 1. The molecule has 3 amide bonds. The third-order valence-corrected chi connectivity index (χ3v) is 4.61. The highest BCUT2D eigenvalue weighted by atomic mass is 19.1. The summed E-state index contributed by atoms with van der Waals surface area (Å²) in [5, 5.41) is 5.61. The van der Waals surface area contributed by atoms with Crippen molar-refractivity contribution in [3.05, 3.63) is 59.9 Å². The van der Waals surface area contributed by atoms with Crippen molar-refractivity contribution in [1.82, 2.24) is 5.32 Å². The lowest BCUT2D eigenvalue weighted by molar-refractivity contribution is -0.117. The fraction of sp³-hybridized carbons (Fsp3) is 0.333. The molecule has 1 heterocycles. The number of hydrogen-bond donors (Lipinski definition) is 2. The van der Waals surface area contributed by atoms with E-state index in [-0.39, 0.29) is 24.4 Å². The van der Waals surface area contributed by atoms with E-state index in [9.17, 15) is 14.0 Å². The van der Waals surface area contributed by atoms with Crippen molar-refractivity contribution in [1.29, 1.82) is 0 Å². The number of carbonyl (C=O) groups is 2. The average Bonchev–Trinajstić information content (AvgIpc) is 3.01. The van der Waals surface area contributed by atoms with Gasteiger partial charge in [0.05, 0.1) is 6.04 Å². The Morgan fingerprint density at radius 1 is 1.22 bits per heavy atom. The number of unbranched alkanes of at least 4 members (excludes halogenated alkanes) is 1. The second-order valence-electron chi connectivity index (χ2n) is 6.78. The third-order valence-electron chi connectivity index (χ3n) is 4.61. The second kappa shape index (κ2) is 8.66. The highest BCUT2D eigenvalue weighted by molar-refractivity contribution is 5.97. The average molecular weight is 369 g/mol. The van der Waals surface area contributed by atoms with E-state index in [4.69, 9.17) is 0 Å². The number of aryl methyl sites for hydroxylation is 1. The van der Waals surface area contributed by atoms with E-state index in [2.05, 4.69) is 17.6 Å². The smallest absolute Gasteiger partial charge is 0.319 e. The van der Waals surface area contributed by atoms with Crippen molar-refractivity contribution in [2.75, 3.05) is 16.8 Å². The first-order chi connectivity index (χ1) is 13.0. The summed E-state index contributed by atoms with van der Waals surface area (Å²) in [6.07, 6.45) is 3.52. The number of benzene rings is 2. The lowest BCUT2D eigenvalue weighted by atomic mass is 10.1. The van der Waals surface area contributed by atoms with Crippen LogP contribution in [-0.2, 0) is 11.2 Å². The van der Waals surface area contributed by atoms with Gasteiger partial charge in [0.1, 0.15) is 5.82 Å². The van der Waals surface area contributed by atoms with Crippen molar-refractivity contribution in [2.45, 2.75) is 38.6 Å². The van der Waals surface area contributed by atoms with Crippen LogP contribution in [0.1, 0.15) is 31.7 Å². The molecule has 1 fully saturated rings. The second-order valence-corrected chi connectivity index (χ2v) is 6.78. The molecule has 2 N–H and O–H groups in total. The molecule has 2 aromatic carbocycles. The van der Waals surface area contributed by atoms with Crippen molar-refractivity contribution >= 4 is 23.3 Å². The molecule has 0 radical (unpaired) electrons. The molecule has 3 rings (SSSR count). The molecule has 142 valence electrons. The van der Waals surface area contributed by atoms with E-state index < -0.39 is 5.82 Å². The van der Waals surface area contributed by atoms with Gasteiger partial charge in [0, 0.05) is 24.3 Å². The van der Waals surface area contributed by atoms with Gasteiger partial charge in [-0.3, -0.25) is 4.79 Å². The predicted molar refractivity (Wildman–Crippen MR) is 104 cm³/mol. The molecule has 0 spiro atoms. The van der Waals surface area contributed by atoms with E-state index in [1.807, 2.05) is 24.3 Å². The maximum Gasteiger partial charge on any atom is 0.319 e. The molecule has 0 saturated carbocycles. The van der Waals surface area contributed by atoms with Gasteiger partial charge >= 0.3 is 6.03 Å².